The quantitative estimate of drug-likeness (QED) is 0.509. The van der Waals surface area contributed by atoms with E-state index in [2.05, 4.69) is 0 Å². The molecule has 0 N–H and O–H groups in total. The fraction of sp³-hybridized carbons (Fsp3) is 0.455. The second-order valence-electron chi connectivity index (χ2n) is 3.82. The molecular formula is C11H10ClF3. The van der Waals surface area contributed by atoms with Gasteiger partial charge in [0.25, 0.3) is 0 Å². The average Bonchev–Trinajstić information content (AvgIpc) is 2.62. The van der Waals surface area contributed by atoms with E-state index in [1.807, 2.05) is 0 Å². The summed E-state index contributed by atoms with van der Waals surface area (Å²) in [5.41, 5.74) is 0.200. The maximum atomic E-state index is 13.4. The SMILES string of the molecule is Fc1ccc(C2CCCC2Cl)c(F)c1F. The Morgan fingerprint density at radius 2 is 1.80 bits per heavy atom. The number of halogens is 4. The zero-order chi connectivity index (χ0) is 11.0. The third-order valence-electron chi connectivity index (χ3n) is 2.90. The predicted octanol–water partition coefficient (Wildman–Crippen LogP) is 3.98. The van der Waals surface area contributed by atoms with Crippen LogP contribution in [0.4, 0.5) is 13.2 Å². The summed E-state index contributed by atoms with van der Waals surface area (Å²) in [5, 5.41) is -0.177. The van der Waals surface area contributed by atoms with Crippen molar-refractivity contribution in [2.45, 2.75) is 30.6 Å². The molecule has 1 aliphatic rings. The summed E-state index contributed by atoms with van der Waals surface area (Å²) in [5.74, 6) is -3.84. The Morgan fingerprint density at radius 3 is 2.40 bits per heavy atom. The molecule has 4 heteroatoms. The molecule has 15 heavy (non-hydrogen) atoms. The van der Waals surface area contributed by atoms with Crippen molar-refractivity contribution in [2.24, 2.45) is 0 Å². The molecule has 0 aliphatic heterocycles. The largest absolute Gasteiger partial charge is 0.204 e. The lowest BCUT2D eigenvalue weighted by Crippen LogP contribution is -2.09. The molecule has 0 amide bonds. The summed E-state index contributed by atoms with van der Waals surface area (Å²) >= 11 is 5.99. The highest BCUT2D eigenvalue weighted by atomic mass is 35.5. The molecular weight excluding hydrogens is 225 g/mol. The van der Waals surface area contributed by atoms with E-state index >= 15 is 0 Å². The highest BCUT2D eigenvalue weighted by Crippen LogP contribution is 2.39. The van der Waals surface area contributed by atoms with Gasteiger partial charge in [-0.05, 0) is 24.5 Å². The predicted molar refractivity (Wildman–Crippen MR) is 52.5 cm³/mol. The van der Waals surface area contributed by atoms with Gasteiger partial charge in [0, 0.05) is 11.3 Å². The Bertz CT molecular complexity index is 378. The maximum Gasteiger partial charge on any atom is 0.194 e. The van der Waals surface area contributed by atoms with Crippen LogP contribution in [0.5, 0.6) is 0 Å². The molecule has 1 saturated carbocycles. The summed E-state index contributed by atoms with van der Waals surface area (Å²) in [4.78, 5) is 0. The summed E-state index contributed by atoms with van der Waals surface area (Å²) in [7, 11) is 0. The highest BCUT2D eigenvalue weighted by molar-refractivity contribution is 6.21. The summed E-state index contributed by atoms with van der Waals surface area (Å²) in [6.07, 6.45) is 2.43. The number of hydrogen-bond donors (Lipinski definition) is 0. The minimum absolute atomic E-state index is 0.177. The van der Waals surface area contributed by atoms with Crippen LogP contribution >= 0.6 is 11.6 Å². The summed E-state index contributed by atoms with van der Waals surface area (Å²) in [6.45, 7) is 0. The van der Waals surface area contributed by atoms with Gasteiger partial charge in [0.05, 0.1) is 0 Å². The topological polar surface area (TPSA) is 0 Å². The van der Waals surface area contributed by atoms with Gasteiger partial charge < -0.3 is 0 Å². The molecule has 1 aliphatic carbocycles. The van der Waals surface area contributed by atoms with Crippen molar-refractivity contribution < 1.29 is 13.2 Å². The van der Waals surface area contributed by atoms with Gasteiger partial charge in [-0.1, -0.05) is 12.5 Å². The first-order valence-electron chi connectivity index (χ1n) is 4.88. The third-order valence-corrected chi connectivity index (χ3v) is 3.42. The van der Waals surface area contributed by atoms with Crippen LogP contribution in [0.2, 0.25) is 0 Å². The van der Waals surface area contributed by atoms with Gasteiger partial charge in [-0.2, -0.15) is 0 Å². The number of rotatable bonds is 1. The lowest BCUT2D eigenvalue weighted by molar-refractivity contribution is 0.435. The molecule has 82 valence electrons. The van der Waals surface area contributed by atoms with Crippen molar-refractivity contribution in [1.29, 1.82) is 0 Å². The fourth-order valence-electron chi connectivity index (χ4n) is 2.09. The Kier molecular flexibility index (Phi) is 2.91. The molecule has 1 aromatic rings. The van der Waals surface area contributed by atoms with E-state index in [0.717, 1.165) is 25.3 Å². The lowest BCUT2D eigenvalue weighted by atomic mass is 9.96. The fourth-order valence-corrected chi connectivity index (χ4v) is 2.51. The van der Waals surface area contributed by atoms with Crippen LogP contribution < -0.4 is 0 Å². The molecule has 1 fully saturated rings. The van der Waals surface area contributed by atoms with Crippen molar-refractivity contribution in [1.82, 2.24) is 0 Å². The molecule has 0 saturated heterocycles. The number of hydrogen-bond acceptors (Lipinski definition) is 0. The monoisotopic (exact) mass is 234 g/mol. The van der Waals surface area contributed by atoms with Crippen LogP contribution in [0.1, 0.15) is 30.7 Å². The van der Waals surface area contributed by atoms with Gasteiger partial charge in [-0.25, -0.2) is 13.2 Å². The molecule has 2 atom stereocenters. The highest BCUT2D eigenvalue weighted by Gasteiger charge is 2.30. The first-order chi connectivity index (χ1) is 7.11. The van der Waals surface area contributed by atoms with Crippen LogP contribution in [0.25, 0.3) is 0 Å². The third kappa shape index (κ3) is 1.85. The second-order valence-corrected chi connectivity index (χ2v) is 4.38. The second kappa shape index (κ2) is 4.05. The molecule has 0 spiro atoms. The van der Waals surface area contributed by atoms with Gasteiger partial charge >= 0.3 is 0 Å². The van der Waals surface area contributed by atoms with Gasteiger partial charge in [-0.3, -0.25) is 0 Å². The zero-order valence-electron chi connectivity index (χ0n) is 7.94. The number of benzene rings is 1. The summed E-state index contributed by atoms with van der Waals surface area (Å²) in [6, 6.07) is 2.24. The molecule has 0 heterocycles. The Labute approximate surface area is 91.1 Å². The van der Waals surface area contributed by atoms with E-state index in [-0.39, 0.29) is 16.9 Å². The molecule has 2 rings (SSSR count). The maximum absolute atomic E-state index is 13.4. The summed E-state index contributed by atoms with van der Waals surface area (Å²) < 4.78 is 39.1. The van der Waals surface area contributed by atoms with E-state index in [4.69, 9.17) is 11.6 Å². The van der Waals surface area contributed by atoms with E-state index < -0.39 is 17.5 Å². The van der Waals surface area contributed by atoms with Crippen LogP contribution in [-0.2, 0) is 0 Å². The minimum Gasteiger partial charge on any atom is -0.204 e. The van der Waals surface area contributed by atoms with E-state index in [1.54, 1.807) is 0 Å². The van der Waals surface area contributed by atoms with Gasteiger partial charge in [0.1, 0.15) is 0 Å². The van der Waals surface area contributed by atoms with E-state index in [0.29, 0.717) is 0 Å². The van der Waals surface area contributed by atoms with Crippen LogP contribution in [0.15, 0.2) is 12.1 Å². The van der Waals surface area contributed by atoms with E-state index in [9.17, 15) is 13.2 Å². The Balaban J connectivity index is 2.40. The van der Waals surface area contributed by atoms with Crippen LogP contribution in [0.3, 0.4) is 0 Å². The molecule has 2 unspecified atom stereocenters. The van der Waals surface area contributed by atoms with Gasteiger partial charge in [0.2, 0.25) is 0 Å². The number of alkyl halides is 1. The molecule has 0 radical (unpaired) electrons. The van der Waals surface area contributed by atoms with Crippen molar-refractivity contribution in [2.75, 3.05) is 0 Å². The molecule has 0 nitrogen and oxygen atoms in total. The normalized spacial score (nSPS) is 25.9. The lowest BCUT2D eigenvalue weighted by Gasteiger charge is -2.15. The van der Waals surface area contributed by atoms with Gasteiger partial charge in [0.15, 0.2) is 17.5 Å². The van der Waals surface area contributed by atoms with Crippen molar-refractivity contribution in [3.05, 3.63) is 35.1 Å². The average molecular weight is 235 g/mol. The van der Waals surface area contributed by atoms with Gasteiger partial charge in [-0.15, -0.1) is 11.6 Å². The first-order valence-corrected chi connectivity index (χ1v) is 5.32. The Morgan fingerprint density at radius 1 is 1.07 bits per heavy atom. The zero-order valence-corrected chi connectivity index (χ0v) is 8.70. The first kappa shape index (κ1) is 10.8. The smallest absolute Gasteiger partial charge is 0.194 e. The van der Waals surface area contributed by atoms with Crippen molar-refractivity contribution >= 4 is 11.6 Å². The standard InChI is InChI=1S/C11H10ClF3/c12-8-3-1-2-6(8)7-4-5-9(13)11(15)10(7)14/h4-6,8H,1-3H2. The Hall–Kier alpha value is -0.700. The molecule has 0 aromatic heterocycles. The van der Waals surface area contributed by atoms with Crippen molar-refractivity contribution in [3.63, 3.8) is 0 Å². The van der Waals surface area contributed by atoms with Crippen molar-refractivity contribution in [3.8, 4) is 0 Å². The molecule has 0 bridgehead atoms. The minimum atomic E-state index is -1.40. The van der Waals surface area contributed by atoms with E-state index in [1.165, 1.54) is 6.07 Å². The van der Waals surface area contributed by atoms with Crippen LogP contribution in [-0.4, -0.2) is 5.38 Å². The van der Waals surface area contributed by atoms with Crippen LogP contribution in [0, 0.1) is 17.5 Å². The molecule has 1 aromatic carbocycles.